The second kappa shape index (κ2) is 20.8. The zero-order chi connectivity index (χ0) is 19.3. The summed E-state index contributed by atoms with van der Waals surface area (Å²) in [6.07, 6.45) is 26.3. The molecule has 0 rings (SSSR count). The van der Waals surface area contributed by atoms with Crippen LogP contribution in [0.5, 0.6) is 0 Å². The molecule has 0 saturated carbocycles. The van der Waals surface area contributed by atoms with E-state index >= 15 is 0 Å². The predicted octanol–water partition coefficient (Wildman–Crippen LogP) is 10.2. The molecule has 0 radical (unpaired) electrons. The predicted molar refractivity (Wildman–Crippen MR) is 136 cm³/mol. The van der Waals surface area contributed by atoms with Crippen LogP contribution >= 0.6 is 28.4 Å². The molecule has 26 heavy (non-hydrogen) atoms. The van der Waals surface area contributed by atoms with Crippen LogP contribution in [-0.4, -0.2) is 17.3 Å². The Bertz CT molecular complexity index is 253. The third-order valence-electron chi connectivity index (χ3n) is 5.59. The number of rotatable bonds is 21. The summed E-state index contributed by atoms with van der Waals surface area (Å²) in [5.74, 6) is 4.67. The molecule has 0 aromatic carbocycles. The van der Waals surface area contributed by atoms with Gasteiger partial charge in [-0.15, -0.1) is 0 Å². The van der Waals surface area contributed by atoms with E-state index in [2.05, 4.69) is 42.0 Å². The molecule has 160 valence electrons. The van der Waals surface area contributed by atoms with Crippen molar-refractivity contribution in [1.82, 2.24) is 0 Å². The number of halogens is 1. The lowest BCUT2D eigenvalue weighted by atomic mass is 10.1. The Balaban J connectivity index is 3.97. The maximum Gasteiger partial charge on any atom is -0.0144 e. The normalized spacial score (nSPS) is 12.6. The minimum atomic E-state index is -0.345. The highest BCUT2D eigenvalue weighted by molar-refractivity contribution is 14.2. The molecule has 0 nitrogen and oxygen atoms in total. The van der Waals surface area contributed by atoms with Crippen LogP contribution in [0, 0.1) is 0 Å². The van der Waals surface area contributed by atoms with Gasteiger partial charge >= 0.3 is 0 Å². The van der Waals surface area contributed by atoms with E-state index in [0.29, 0.717) is 0 Å². The summed E-state index contributed by atoms with van der Waals surface area (Å²) in [4.78, 5) is 0. The van der Waals surface area contributed by atoms with E-state index in [9.17, 15) is 0 Å². The monoisotopic (exact) mass is 498 g/mol. The Kier molecular flexibility index (Phi) is 21.7. The largest absolute Gasteiger partial charge is 0.187 e. The average Bonchev–Trinajstić information content (AvgIpc) is 2.64. The van der Waals surface area contributed by atoms with Gasteiger partial charge in [-0.2, -0.15) is 7.20 Å². The molecule has 0 aliphatic carbocycles. The highest BCUT2D eigenvalue weighted by Crippen LogP contribution is 2.58. The molecule has 0 aromatic rings. The SMILES string of the molecule is CCCCCCCCCCS(I)(CCCCCCC)CCCCCCC. The van der Waals surface area contributed by atoms with Gasteiger partial charge in [0.15, 0.2) is 0 Å². The van der Waals surface area contributed by atoms with Crippen molar-refractivity contribution in [2.75, 3.05) is 17.3 Å². The molecule has 0 fully saturated rings. The van der Waals surface area contributed by atoms with Crippen LogP contribution in [0.25, 0.3) is 0 Å². The third-order valence-corrected chi connectivity index (χ3v) is 12.6. The summed E-state index contributed by atoms with van der Waals surface area (Å²) in [5.41, 5.74) is 0. The number of hydrogen-bond acceptors (Lipinski definition) is 0. The van der Waals surface area contributed by atoms with E-state index in [0.717, 1.165) is 0 Å². The van der Waals surface area contributed by atoms with Gasteiger partial charge in [0.1, 0.15) is 0 Å². The maximum atomic E-state index is 2.96. The van der Waals surface area contributed by atoms with Crippen LogP contribution in [-0.2, 0) is 0 Å². The summed E-state index contributed by atoms with van der Waals surface area (Å²) in [6.45, 7) is 6.96. The summed E-state index contributed by atoms with van der Waals surface area (Å²) >= 11 is 2.96. The molecule has 0 N–H and O–H groups in total. The first-order chi connectivity index (χ1) is 12.7. The lowest BCUT2D eigenvalue weighted by Crippen LogP contribution is -2.08. The summed E-state index contributed by atoms with van der Waals surface area (Å²) in [6, 6.07) is 0. The smallest absolute Gasteiger partial charge is 0.0144 e. The Hall–Kier alpha value is 1.08. The van der Waals surface area contributed by atoms with Gasteiger partial charge in [-0.3, -0.25) is 0 Å². The van der Waals surface area contributed by atoms with Crippen LogP contribution in [0.3, 0.4) is 0 Å². The third kappa shape index (κ3) is 18.4. The zero-order valence-corrected chi connectivity index (χ0v) is 21.6. The molecule has 0 unspecified atom stereocenters. The first-order valence-corrected chi connectivity index (χ1v) is 16.8. The average molecular weight is 499 g/mol. The highest BCUT2D eigenvalue weighted by Gasteiger charge is 2.19. The van der Waals surface area contributed by atoms with Crippen molar-refractivity contribution in [1.29, 1.82) is 0 Å². The molecule has 0 spiro atoms. The van der Waals surface area contributed by atoms with Crippen LogP contribution in [0.15, 0.2) is 0 Å². The lowest BCUT2D eigenvalue weighted by molar-refractivity contribution is 0.586. The van der Waals surface area contributed by atoms with Gasteiger partial charge in [0.25, 0.3) is 0 Å². The van der Waals surface area contributed by atoms with Gasteiger partial charge in [0.05, 0.1) is 0 Å². The molecule has 0 bridgehead atoms. The molecule has 0 amide bonds. The van der Waals surface area contributed by atoms with Crippen LogP contribution in [0.2, 0.25) is 0 Å². The lowest BCUT2D eigenvalue weighted by Gasteiger charge is -2.34. The Labute approximate surface area is 181 Å². The first-order valence-electron chi connectivity index (χ1n) is 12.1. The van der Waals surface area contributed by atoms with Crippen LogP contribution in [0.4, 0.5) is 0 Å². The second-order valence-corrected chi connectivity index (χ2v) is 17.1. The molecule has 0 aliphatic heterocycles. The molecular formula is C24H51IS. The Morgan fingerprint density at radius 3 is 0.885 bits per heavy atom. The van der Waals surface area contributed by atoms with Crippen molar-refractivity contribution >= 4 is 28.4 Å². The zero-order valence-electron chi connectivity index (χ0n) is 18.6. The molecule has 0 atom stereocenters. The Morgan fingerprint density at radius 2 is 0.615 bits per heavy atom. The van der Waals surface area contributed by atoms with E-state index in [-0.39, 0.29) is 7.20 Å². The molecule has 0 heterocycles. The van der Waals surface area contributed by atoms with Gasteiger partial charge in [-0.25, -0.2) is 0 Å². The second-order valence-electron chi connectivity index (χ2n) is 8.36. The van der Waals surface area contributed by atoms with Crippen LogP contribution in [0.1, 0.15) is 136 Å². The van der Waals surface area contributed by atoms with Gasteiger partial charge in [-0.1, -0.05) is 117 Å². The van der Waals surface area contributed by atoms with Gasteiger partial charge in [0, 0.05) is 0 Å². The molecule has 0 saturated heterocycles. The van der Waals surface area contributed by atoms with Gasteiger partial charge in [0.2, 0.25) is 0 Å². The van der Waals surface area contributed by atoms with Crippen molar-refractivity contribution in [2.45, 2.75) is 136 Å². The van der Waals surface area contributed by atoms with Crippen molar-refractivity contribution in [3.05, 3.63) is 0 Å². The molecule has 0 aromatic heterocycles. The number of unbranched alkanes of at least 4 members (excludes halogenated alkanes) is 15. The van der Waals surface area contributed by atoms with Crippen LogP contribution < -0.4 is 0 Å². The minimum absolute atomic E-state index is 0.345. The van der Waals surface area contributed by atoms with E-state index in [4.69, 9.17) is 0 Å². The van der Waals surface area contributed by atoms with Crippen molar-refractivity contribution in [2.24, 2.45) is 0 Å². The fourth-order valence-corrected chi connectivity index (χ4v) is 9.31. The molecule has 0 aliphatic rings. The maximum absolute atomic E-state index is 2.96. The van der Waals surface area contributed by atoms with Gasteiger partial charge in [-0.05, 0) is 57.7 Å². The standard InChI is InChI=1S/C24H51IS/c1-4-7-10-13-14-15-18-21-24-26(25,22-19-16-11-8-5-2)23-20-17-12-9-6-3/h4-24H2,1-3H3. The summed E-state index contributed by atoms with van der Waals surface area (Å²) < 4.78 is 0. The van der Waals surface area contributed by atoms with Crippen molar-refractivity contribution in [3.8, 4) is 0 Å². The Morgan fingerprint density at radius 1 is 0.385 bits per heavy atom. The summed E-state index contributed by atoms with van der Waals surface area (Å²) in [7, 11) is -0.345. The first kappa shape index (κ1) is 27.1. The van der Waals surface area contributed by atoms with Gasteiger partial charge < -0.3 is 0 Å². The molecular weight excluding hydrogens is 447 g/mol. The fraction of sp³-hybridized carbons (Fsp3) is 1.00. The summed E-state index contributed by atoms with van der Waals surface area (Å²) in [5, 5.41) is 0. The topological polar surface area (TPSA) is 0 Å². The van der Waals surface area contributed by atoms with Crippen molar-refractivity contribution in [3.63, 3.8) is 0 Å². The van der Waals surface area contributed by atoms with E-state index < -0.39 is 0 Å². The molecule has 2 heteroatoms. The van der Waals surface area contributed by atoms with E-state index in [1.165, 1.54) is 116 Å². The van der Waals surface area contributed by atoms with Crippen molar-refractivity contribution < 1.29 is 0 Å². The van der Waals surface area contributed by atoms with E-state index in [1.54, 1.807) is 17.3 Å². The fourth-order valence-electron chi connectivity index (χ4n) is 3.73. The number of hydrogen-bond donors (Lipinski definition) is 0. The quantitative estimate of drug-likeness (QED) is 0.109. The highest BCUT2D eigenvalue weighted by atomic mass is 127. The minimum Gasteiger partial charge on any atom is -0.187 e. The van der Waals surface area contributed by atoms with E-state index in [1.807, 2.05) is 0 Å².